The zero-order valence-electron chi connectivity index (χ0n) is 42.7. The molecule has 0 amide bonds. The van der Waals surface area contributed by atoms with E-state index in [9.17, 15) is 39.1 Å². The molecule has 7 aromatic carbocycles. The molecule has 2 saturated heterocycles. The highest BCUT2D eigenvalue weighted by Gasteiger charge is 2.58. The molecule has 9 rings (SSSR count). The van der Waals surface area contributed by atoms with E-state index in [4.69, 9.17) is 47.4 Å². The first-order chi connectivity index (χ1) is 39.5. The highest BCUT2D eigenvalue weighted by atomic mass is 16.8. The van der Waals surface area contributed by atoms with Gasteiger partial charge in [0.25, 0.3) is 0 Å². The first-order valence-electron chi connectivity index (χ1n) is 25.3. The molecule has 2 aliphatic heterocycles. The fraction of sp³-hybridized carbons (Fsp3) is 0.197. The summed E-state index contributed by atoms with van der Waals surface area (Å²) in [5, 5.41) is 3.72. The van der Waals surface area contributed by atoms with Crippen LogP contribution in [0.25, 0.3) is 10.4 Å². The van der Waals surface area contributed by atoms with Gasteiger partial charge >= 0.3 is 41.8 Å². The summed E-state index contributed by atoms with van der Waals surface area (Å²) >= 11 is 0. The summed E-state index contributed by atoms with van der Waals surface area (Å²) in [6, 6.07) is 53.8. The Kier molecular flexibility index (Phi) is 18.6. The van der Waals surface area contributed by atoms with Gasteiger partial charge in [0.1, 0.15) is 18.8 Å². The molecule has 6 unspecified atom stereocenters. The molecule has 0 spiro atoms. The Morgan fingerprint density at radius 2 is 0.593 bits per heavy atom. The van der Waals surface area contributed by atoms with Crippen molar-refractivity contribution in [3.05, 3.63) is 262 Å². The Bertz CT molecular complexity index is 3320. The average Bonchev–Trinajstić information content (AvgIpc) is 3.72. The summed E-state index contributed by atoms with van der Waals surface area (Å²) in [5.74, 6) is -6.89. The molecule has 20 heteroatoms. The Morgan fingerprint density at radius 3 is 0.889 bits per heavy atom. The average molecular weight is 1100 g/mol. The van der Waals surface area contributed by atoms with Gasteiger partial charge in [-0.05, 0) is 90.5 Å². The number of carbonyl (C=O) groups is 7. The second kappa shape index (κ2) is 27.1. The molecule has 0 aliphatic carbocycles. The van der Waals surface area contributed by atoms with E-state index in [0.29, 0.717) is 0 Å². The predicted molar refractivity (Wildman–Crippen MR) is 283 cm³/mol. The van der Waals surface area contributed by atoms with Crippen LogP contribution in [0.15, 0.2) is 217 Å². The van der Waals surface area contributed by atoms with Crippen molar-refractivity contribution < 1.29 is 80.9 Å². The third-order valence-corrected chi connectivity index (χ3v) is 12.7. The van der Waals surface area contributed by atoms with Gasteiger partial charge in [-0.25, -0.2) is 33.6 Å². The van der Waals surface area contributed by atoms with Crippen molar-refractivity contribution in [1.82, 2.24) is 0 Å². The molecular weight excluding hydrogens is 1050 g/mol. The molecule has 7 aromatic rings. The summed E-state index contributed by atoms with van der Waals surface area (Å²) in [6.45, 7) is -1.40. The van der Waals surface area contributed by atoms with Gasteiger partial charge in [-0.3, -0.25) is 0 Å². The third kappa shape index (κ3) is 14.2. The fourth-order valence-electron chi connectivity index (χ4n) is 8.72. The van der Waals surface area contributed by atoms with Crippen LogP contribution in [-0.2, 0) is 47.4 Å². The highest BCUT2D eigenvalue weighted by Crippen LogP contribution is 2.37. The maximum absolute atomic E-state index is 14.5. The molecule has 0 N–H and O–H groups in total. The minimum Gasteiger partial charge on any atom is -0.459 e. The molecule has 0 saturated carbocycles. The number of ether oxygens (including phenoxy) is 10. The van der Waals surface area contributed by atoms with E-state index in [-0.39, 0.29) is 38.9 Å². The molecule has 2 fully saturated rings. The zero-order valence-corrected chi connectivity index (χ0v) is 42.7. The molecule has 20 nitrogen and oxygen atoms in total. The first-order valence-corrected chi connectivity index (χ1v) is 25.3. The maximum atomic E-state index is 14.5. The van der Waals surface area contributed by atoms with Gasteiger partial charge in [0.15, 0.2) is 36.6 Å². The van der Waals surface area contributed by atoms with E-state index in [2.05, 4.69) is 10.0 Å². The van der Waals surface area contributed by atoms with E-state index in [0.717, 1.165) is 0 Å². The van der Waals surface area contributed by atoms with Gasteiger partial charge in [-0.2, -0.15) is 0 Å². The zero-order chi connectivity index (χ0) is 56.5. The smallest absolute Gasteiger partial charge is 0.338 e. The van der Waals surface area contributed by atoms with Crippen molar-refractivity contribution in [2.45, 2.75) is 61.4 Å². The lowest BCUT2D eigenvalue weighted by Crippen LogP contribution is -2.67. The van der Waals surface area contributed by atoms with Gasteiger partial charge in [0.05, 0.1) is 45.5 Å². The van der Waals surface area contributed by atoms with Crippen molar-refractivity contribution in [2.75, 3.05) is 13.2 Å². The van der Waals surface area contributed by atoms with Gasteiger partial charge in [-0.1, -0.05) is 133 Å². The van der Waals surface area contributed by atoms with Gasteiger partial charge in [-0.15, -0.1) is 0 Å². The molecule has 2 aliphatic rings. The maximum Gasteiger partial charge on any atom is 0.338 e. The number of esters is 7. The monoisotopic (exact) mass is 1100 g/mol. The fourth-order valence-corrected chi connectivity index (χ4v) is 8.72. The Labute approximate surface area is 462 Å². The second-order valence-electron chi connectivity index (χ2n) is 18.0. The summed E-state index contributed by atoms with van der Waals surface area (Å²) in [6.07, 6.45) is -18.9. The van der Waals surface area contributed by atoms with Crippen LogP contribution in [0.1, 0.15) is 72.5 Å². The number of azide groups is 1. The van der Waals surface area contributed by atoms with E-state index >= 15 is 0 Å². The molecule has 0 radical (unpaired) electrons. The van der Waals surface area contributed by atoms with Crippen molar-refractivity contribution >= 4 is 41.8 Å². The molecular formula is C61H49N3O17. The van der Waals surface area contributed by atoms with Crippen molar-refractivity contribution in [3.63, 3.8) is 0 Å². The van der Waals surface area contributed by atoms with Crippen LogP contribution in [0.3, 0.4) is 0 Å². The quantitative estimate of drug-likeness (QED) is 0.0240. The summed E-state index contributed by atoms with van der Waals surface area (Å²) in [5.41, 5.74) is 9.86. The number of rotatable bonds is 19. The minimum atomic E-state index is -2.10. The Balaban J connectivity index is 1.20. The molecule has 0 bridgehead atoms. The summed E-state index contributed by atoms with van der Waals surface area (Å²) in [7, 11) is 0. The van der Waals surface area contributed by atoms with E-state index < -0.39 is 116 Å². The van der Waals surface area contributed by atoms with Crippen LogP contribution in [0.4, 0.5) is 0 Å². The van der Waals surface area contributed by atoms with Crippen molar-refractivity contribution in [1.29, 1.82) is 0 Å². The van der Waals surface area contributed by atoms with Gasteiger partial charge < -0.3 is 47.4 Å². The van der Waals surface area contributed by atoms with E-state index in [1.807, 2.05) is 0 Å². The van der Waals surface area contributed by atoms with E-state index in [1.165, 1.54) is 84.9 Å². The second-order valence-corrected chi connectivity index (χ2v) is 18.0. The number of nitrogens with zero attached hydrogens (tertiary/aromatic N) is 3. The van der Waals surface area contributed by atoms with Crippen LogP contribution < -0.4 is 0 Å². The highest BCUT2D eigenvalue weighted by molar-refractivity contribution is 5.93. The van der Waals surface area contributed by atoms with Gasteiger partial charge in [0, 0.05) is 4.91 Å². The van der Waals surface area contributed by atoms with Crippen LogP contribution in [0.2, 0.25) is 0 Å². The van der Waals surface area contributed by atoms with E-state index in [1.54, 1.807) is 127 Å². The summed E-state index contributed by atoms with van der Waals surface area (Å²) in [4.78, 5) is 103. The Morgan fingerprint density at radius 1 is 0.346 bits per heavy atom. The SMILES string of the molecule is [N-]=[N+]=NCC1O[C@H](O[C@H]2OC(COC(=O)c3ccccc3)[C@@H](OC(=O)c3ccccc3)C(OC(=O)c3ccccc3)C2OC(=O)c2ccccc2)C(OC(=O)c2ccccc2)C(OC(=O)c2ccccc2)[C@@H]1OC(=O)c1ccccc1. The molecule has 81 heavy (non-hydrogen) atoms. The lowest BCUT2D eigenvalue weighted by molar-refractivity contribution is -0.370. The number of benzene rings is 7. The number of carbonyl (C=O) groups excluding carboxylic acids is 7. The normalized spacial score (nSPS) is 22.0. The topological polar surface area (TPSA) is 261 Å². The molecule has 10 atom stereocenters. The van der Waals surface area contributed by atoms with Crippen LogP contribution in [0, 0.1) is 0 Å². The van der Waals surface area contributed by atoms with Crippen LogP contribution >= 0.6 is 0 Å². The lowest BCUT2D eigenvalue weighted by Gasteiger charge is -2.48. The lowest BCUT2D eigenvalue weighted by atomic mass is 9.96. The standard InChI is InChI=1S/C61H49N3O17/c62-64-63-36-45-47(75-54(66)39-24-10-2-11-25-39)49(77-56(68)41-28-14-4-15-29-41)51(79-58(70)43-32-18-6-19-33-43)60(73-45)81-61-52(80-59(71)44-34-20-7-21-35-44)50(78-57(69)42-30-16-5-17-31-42)48(76-55(67)40-26-12-3-13-27-40)46(74-61)37-72-53(65)38-22-8-1-9-23-38/h1-35,45-52,60-61H,36-37H2/t45?,46?,47-,48-,49?,50?,51?,52?,60-,61-/m1/s1. The number of hydrogen-bond acceptors (Lipinski definition) is 18. The largest absolute Gasteiger partial charge is 0.459 e. The molecule has 0 aromatic heterocycles. The summed E-state index contributed by atoms with van der Waals surface area (Å²) < 4.78 is 62.9. The molecule has 410 valence electrons. The third-order valence-electron chi connectivity index (χ3n) is 12.7. The predicted octanol–water partition coefficient (Wildman–Crippen LogP) is 8.97. The van der Waals surface area contributed by atoms with Crippen molar-refractivity contribution in [3.8, 4) is 0 Å². The number of hydrogen-bond donors (Lipinski definition) is 0. The minimum absolute atomic E-state index is 0.00153. The van der Waals surface area contributed by atoms with Gasteiger partial charge in [0.2, 0.25) is 12.6 Å². The van der Waals surface area contributed by atoms with Crippen molar-refractivity contribution in [2.24, 2.45) is 5.11 Å². The molecule has 2 heterocycles. The van der Waals surface area contributed by atoms with Crippen LogP contribution in [0.5, 0.6) is 0 Å². The van der Waals surface area contributed by atoms with Crippen LogP contribution in [-0.4, -0.2) is 116 Å². The first kappa shape index (κ1) is 55.8. The Hall–Kier alpha value is -9.98.